The minimum Gasteiger partial charge on any atom is -0.489 e. The summed E-state index contributed by atoms with van der Waals surface area (Å²) in [5.74, 6) is 0.596. The second-order valence-electron chi connectivity index (χ2n) is 4.09. The molecule has 6 heteroatoms. The molecule has 0 spiro atoms. The van der Waals surface area contributed by atoms with Crippen molar-refractivity contribution in [3.63, 3.8) is 0 Å². The molecule has 102 valence electrons. The fourth-order valence-electron chi connectivity index (χ4n) is 1.38. The van der Waals surface area contributed by atoms with E-state index in [0.29, 0.717) is 10.8 Å². The molecular weight excluding hydrogens is 267 g/mol. The van der Waals surface area contributed by atoms with E-state index in [-0.39, 0.29) is 12.6 Å². The molecule has 0 saturated heterocycles. The van der Waals surface area contributed by atoms with E-state index in [9.17, 15) is 13.2 Å². The second-order valence-corrected chi connectivity index (χ2v) is 4.49. The molecule has 0 radical (unpaired) electrons. The molecule has 0 aliphatic rings. The number of aryl methyl sites for hydroxylation is 1. The van der Waals surface area contributed by atoms with E-state index < -0.39 is 12.7 Å². The highest BCUT2D eigenvalue weighted by Gasteiger charge is 2.26. The molecule has 1 rings (SSSR count). The van der Waals surface area contributed by atoms with Crippen LogP contribution in [0, 0.1) is 6.92 Å². The molecule has 0 aliphatic carbocycles. The summed E-state index contributed by atoms with van der Waals surface area (Å²) in [5.41, 5.74) is 0.865. The molecule has 1 aromatic rings. The van der Waals surface area contributed by atoms with Gasteiger partial charge < -0.3 is 10.1 Å². The number of rotatable bonds is 5. The Labute approximate surface area is 109 Å². The van der Waals surface area contributed by atoms with E-state index in [1.54, 1.807) is 25.1 Å². The summed E-state index contributed by atoms with van der Waals surface area (Å²) in [7, 11) is 0. The van der Waals surface area contributed by atoms with Gasteiger partial charge in [0.1, 0.15) is 11.9 Å². The largest absolute Gasteiger partial charge is 0.489 e. The predicted molar refractivity (Wildman–Crippen MR) is 65.2 cm³/mol. The van der Waals surface area contributed by atoms with Crippen molar-refractivity contribution in [3.05, 3.63) is 28.8 Å². The second kappa shape index (κ2) is 6.29. The van der Waals surface area contributed by atoms with Gasteiger partial charge in [0, 0.05) is 11.6 Å². The van der Waals surface area contributed by atoms with Crippen molar-refractivity contribution in [3.8, 4) is 5.75 Å². The van der Waals surface area contributed by atoms with Crippen LogP contribution in [0.15, 0.2) is 18.2 Å². The molecular formula is C12H15ClF3NO. The maximum absolute atomic E-state index is 11.9. The first-order valence-corrected chi connectivity index (χ1v) is 5.86. The third-order valence-corrected chi connectivity index (χ3v) is 2.65. The van der Waals surface area contributed by atoms with Gasteiger partial charge in [-0.05, 0) is 37.6 Å². The van der Waals surface area contributed by atoms with Crippen molar-refractivity contribution in [1.82, 2.24) is 5.32 Å². The highest BCUT2D eigenvalue weighted by atomic mass is 35.5. The average Bonchev–Trinajstić information content (AvgIpc) is 2.21. The lowest BCUT2D eigenvalue weighted by atomic mass is 10.2. The van der Waals surface area contributed by atoms with Crippen LogP contribution in [0.4, 0.5) is 13.2 Å². The Morgan fingerprint density at radius 2 is 2.06 bits per heavy atom. The molecule has 0 heterocycles. The van der Waals surface area contributed by atoms with Crippen molar-refractivity contribution in [2.45, 2.75) is 26.1 Å². The van der Waals surface area contributed by atoms with Crippen molar-refractivity contribution in [2.75, 3.05) is 13.1 Å². The monoisotopic (exact) mass is 281 g/mol. The molecule has 1 aromatic carbocycles. The van der Waals surface area contributed by atoms with Crippen LogP contribution in [-0.4, -0.2) is 25.4 Å². The van der Waals surface area contributed by atoms with Crippen LogP contribution in [0.2, 0.25) is 5.02 Å². The number of benzene rings is 1. The van der Waals surface area contributed by atoms with E-state index in [1.165, 1.54) is 0 Å². The van der Waals surface area contributed by atoms with Gasteiger partial charge in [0.25, 0.3) is 0 Å². The molecule has 1 atom stereocenters. The first kappa shape index (κ1) is 15.1. The molecule has 0 amide bonds. The number of ether oxygens (including phenoxy) is 1. The number of halogens is 4. The summed E-state index contributed by atoms with van der Waals surface area (Å²) in [6.07, 6.45) is -4.55. The molecule has 1 N–H and O–H groups in total. The van der Waals surface area contributed by atoms with Crippen molar-refractivity contribution in [2.24, 2.45) is 0 Å². The Bertz CT molecular complexity index is 395. The highest BCUT2D eigenvalue weighted by Crippen LogP contribution is 2.21. The Balaban J connectivity index is 2.40. The lowest BCUT2D eigenvalue weighted by Gasteiger charge is -2.16. The lowest BCUT2D eigenvalue weighted by molar-refractivity contribution is -0.125. The third-order valence-electron chi connectivity index (χ3n) is 2.22. The topological polar surface area (TPSA) is 21.3 Å². The maximum Gasteiger partial charge on any atom is 0.401 e. The zero-order valence-corrected chi connectivity index (χ0v) is 10.9. The van der Waals surface area contributed by atoms with E-state index in [2.05, 4.69) is 5.32 Å². The SMILES string of the molecule is Cc1cc(OC(C)CNCC(F)(F)F)ccc1Cl. The highest BCUT2D eigenvalue weighted by molar-refractivity contribution is 6.31. The van der Waals surface area contributed by atoms with E-state index in [0.717, 1.165) is 5.56 Å². The summed E-state index contributed by atoms with van der Waals surface area (Å²) in [6.45, 7) is 2.65. The van der Waals surface area contributed by atoms with Gasteiger partial charge in [-0.3, -0.25) is 0 Å². The first-order valence-electron chi connectivity index (χ1n) is 5.48. The van der Waals surface area contributed by atoms with Crippen LogP contribution in [0.1, 0.15) is 12.5 Å². The molecule has 2 nitrogen and oxygen atoms in total. The van der Waals surface area contributed by atoms with E-state index in [1.807, 2.05) is 6.92 Å². The fourth-order valence-corrected chi connectivity index (χ4v) is 1.50. The summed E-state index contributed by atoms with van der Waals surface area (Å²) < 4.78 is 41.2. The summed E-state index contributed by atoms with van der Waals surface area (Å²) >= 11 is 5.86. The van der Waals surface area contributed by atoms with Gasteiger partial charge in [-0.2, -0.15) is 13.2 Å². The quantitative estimate of drug-likeness (QED) is 0.891. The lowest BCUT2D eigenvalue weighted by Crippen LogP contribution is -2.35. The van der Waals surface area contributed by atoms with Crippen LogP contribution < -0.4 is 10.1 Å². The molecule has 0 bridgehead atoms. The Morgan fingerprint density at radius 1 is 1.39 bits per heavy atom. The van der Waals surface area contributed by atoms with Gasteiger partial charge in [-0.1, -0.05) is 11.6 Å². The summed E-state index contributed by atoms with van der Waals surface area (Å²) in [6, 6.07) is 5.14. The minimum absolute atomic E-state index is 0.126. The fraction of sp³-hybridized carbons (Fsp3) is 0.500. The van der Waals surface area contributed by atoms with Gasteiger partial charge in [-0.15, -0.1) is 0 Å². The summed E-state index contributed by atoms with van der Waals surface area (Å²) in [5, 5.41) is 2.93. The number of hydrogen-bond acceptors (Lipinski definition) is 2. The normalized spacial score (nSPS) is 13.4. The van der Waals surface area contributed by atoms with Gasteiger partial charge in [-0.25, -0.2) is 0 Å². The molecule has 1 unspecified atom stereocenters. The Morgan fingerprint density at radius 3 is 2.61 bits per heavy atom. The predicted octanol–water partition coefficient (Wildman–Crippen LogP) is 3.57. The molecule has 18 heavy (non-hydrogen) atoms. The number of hydrogen-bond donors (Lipinski definition) is 1. The smallest absolute Gasteiger partial charge is 0.401 e. The molecule has 0 saturated carbocycles. The van der Waals surface area contributed by atoms with Crippen LogP contribution in [0.5, 0.6) is 5.75 Å². The minimum atomic E-state index is -4.20. The van der Waals surface area contributed by atoms with Crippen LogP contribution in [0.25, 0.3) is 0 Å². The average molecular weight is 282 g/mol. The van der Waals surface area contributed by atoms with Crippen molar-refractivity contribution in [1.29, 1.82) is 0 Å². The Hall–Kier alpha value is -0.940. The summed E-state index contributed by atoms with van der Waals surface area (Å²) in [4.78, 5) is 0. The van der Waals surface area contributed by atoms with Gasteiger partial charge in [0.05, 0.1) is 6.54 Å². The van der Waals surface area contributed by atoms with Crippen LogP contribution in [0.3, 0.4) is 0 Å². The zero-order chi connectivity index (χ0) is 13.8. The molecule has 0 aromatic heterocycles. The standard InChI is InChI=1S/C12H15ClF3NO/c1-8-5-10(3-4-11(8)13)18-9(2)6-17-7-12(14,15)16/h3-5,9,17H,6-7H2,1-2H3. The van der Waals surface area contributed by atoms with Crippen molar-refractivity contribution < 1.29 is 17.9 Å². The number of alkyl halides is 3. The first-order chi connectivity index (χ1) is 8.28. The number of nitrogens with one attached hydrogen (secondary N) is 1. The zero-order valence-electron chi connectivity index (χ0n) is 10.1. The van der Waals surface area contributed by atoms with Crippen LogP contribution >= 0.6 is 11.6 Å². The molecule has 0 aliphatic heterocycles. The van der Waals surface area contributed by atoms with E-state index >= 15 is 0 Å². The van der Waals surface area contributed by atoms with Gasteiger partial charge >= 0.3 is 6.18 Å². The van der Waals surface area contributed by atoms with Gasteiger partial charge in [0.15, 0.2) is 0 Å². The molecule has 0 fully saturated rings. The Kier molecular flexibility index (Phi) is 5.28. The van der Waals surface area contributed by atoms with Crippen molar-refractivity contribution >= 4 is 11.6 Å². The van der Waals surface area contributed by atoms with Gasteiger partial charge in [0.2, 0.25) is 0 Å². The maximum atomic E-state index is 11.9. The third kappa shape index (κ3) is 5.60. The van der Waals surface area contributed by atoms with Crippen LogP contribution in [-0.2, 0) is 0 Å². The van der Waals surface area contributed by atoms with E-state index in [4.69, 9.17) is 16.3 Å².